The maximum atomic E-state index is 2.56. The van der Waals surface area contributed by atoms with E-state index in [1.807, 2.05) is 0 Å². The molecule has 8 aromatic carbocycles. The zero-order valence-electron chi connectivity index (χ0n) is 32.4. The Morgan fingerprint density at radius 2 is 1.04 bits per heavy atom. The van der Waals surface area contributed by atoms with E-state index in [1.165, 1.54) is 94.3 Å². The molecule has 11 rings (SSSR count). The number of rotatable bonds is 5. The second-order valence-electron chi connectivity index (χ2n) is 16.5. The van der Waals surface area contributed by atoms with Crippen LogP contribution in [0.2, 0.25) is 0 Å². The number of allylic oxidation sites excluding steroid dienone is 3. The molecule has 0 N–H and O–H groups in total. The fourth-order valence-corrected chi connectivity index (χ4v) is 10.2. The zero-order valence-corrected chi connectivity index (χ0v) is 32.4. The zero-order chi connectivity index (χ0) is 38.1. The predicted octanol–water partition coefficient (Wildman–Crippen LogP) is 14.7. The summed E-state index contributed by atoms with van der Waals surface area (Å²) < 4.78 is 0. The molecule has 272 valence electrons. The summed E-state index contributed by atoms with van der Waals surface area (Å²) in [4.78, 5) is 2.49. The Labute approximate surface area is 335 Å². The molecule has 0 fully saturated rings. The summed E-state index contributed by atoms with van der Waals surface area (Å²) >= 11 is 0. The molecule has 2 unspecified atom stereocenters. The molecular formula is C56H43N. The van der Waals surface area contributed by atoms with Crippen molar-refractivity contribution in [2.75, 3.05) is 4.90 Å². The SMILES string of the molecule is CC1(C)c2cc(/C=C/c3ccc(-c4c5ccccc5c(-c5ccccc5)c5ccccc45)cc3)ccc2C2C=CC(N3c4ccccc4Cc4ccccc43)=CC21. The Morgan fingerprint density at radius 1 is 0.526 bits per heavy atom. The second kappa shape index (κ2) is 13.2. The summed E-state index contributed by atoms with van der Waals surface area (Å²) in [5.74, 6) is 0.739. The first-order chi connectivity index (χ1) is 28.0. The van der Waals surface area contributed by atoms with Crippen molar-refractivity contribution in [3.8, 4) is 22.3 Å². The highest BCUT2D eigenvalue weighted by Gasteiger charge is 2.46. The van der Waals surface area contributed by atoms with Gasteiger partial charge in [0.1, 0.15) is 0 Å². The Kier molecular flexibility index (Phi) is 7.79. The molecule has 0 radical (unpaired) electrons. The van der Waals surface area contributed by atoms with Gasteiger partial charge in [-0.15, -0.1) is 0 Å². The normalized spacial score (nSPS) is 17.6. The van der Waals surface area contributed by atoms with Gasteiger partial charge in [0.15, 0.2) is 0 Å². The van der Waals surface area contributed by atoms with Crippen molar-refractivity contribution in [1.82, 2.24) is 0 Å². The summed E-state index contributed by atoms with van der Waals surface area (Å²) in [5, 5.41) is 5.12. The molecule has 57 heavy (non-hydrogen) atoms. The molecule has 2 aliphatic carbocycles. The lowest BCUT2D eigenvalue weighted by atomic mass is 9.73. The first-order valence-corrected chi connectivity index (χ1v) is 20.3. The molecule has 1 nitrogen and oxygen atoms in total. The van der Waals surface area contributed by atoms with Gasteiger partial charge in [0.25, 0.3) is 0 Å². The number of nitrogens with zero attached hydrogens (tertiary/aromatic N) is 1. The molecule has 0 spiro atoms. The summed E-state index contributed by atoms with van der Waals surface area (Å²) in [5.41, 5.74) is 17.0. The molecule has 2 atom stereocenters. The van der Waals surface area contributed by atoms with E-state index in [9.17, 15) is 0 Å². The summed E-state index contributed by atoms with van der Waals surface area (Å²) in [6.07, 6.45) is 12.9. The van der Waals surface area contributed by atoms with Crippen LogP contribution in [0.5, 0.6) is 0 Å². The summed E-state index contributed by atoms with van der Waals surface area (Å²) in [6.45, 7) is 4.88. The fourth-order valence-electron chi connectivity index (χ4n) is 10.2. The highest BCUT2D eigenvalue weighted by molar-refractivity contribution is 6.21. The highest BCUT2D eigenvalue weighted by atomic mass is 15.2. The molecule has 1 heterocycles. The predicted molar refractivity (Wildman–Crippen MR) is 242 cm³/mol. The molecule has 8 aromatic rings. The standard InChI is InChI=1S/C56H43N/c1-56(2)50-34-38(28-32-44(50)45-33-31-43(36-51(45)56)57-52-22-12-6-16-41(52)35-42-17-7-13-23-53(42)57)25-24-37-26-29-40(30-27-37)55-48-20-10-8-18-46(48)54(39-14-4-3-5-15-39)47-19-9-11-21-49(47)55/h3-34,36,45,51H,35H2,1-2H3/b25-24+. The Morgan fingerprint density at radius 3 is 1.65 bits per heavy atom. The van der Waals surface area contributed by atoms with Crippen LogP contribution in [0, 0.1) is 5.92 Å². The number of fused-ring (bicyclic) bond motifs is 7. The third-order valence-electron chi connectivity index (χ3n) is 12.9. The lowest BCUT2D eigenvalue weighted by Gasteiger charge is -2.38. The van der Waals surface area contributed by atoms with Crippen molar-refractivity contribution in [3.63, 3.8) is 0 Å². The van der Waals surface area contributed by atoms with Crippen molar-refractivity contribution >= 4 is 45.1 Å². The van der Waals surface area contributed by atoms with Crippen LogP contribution in [0.15, 0.2) is 194 Å². The molecule has 0 amide bonds. The lowest BCUT2D eigenvalue weighted by molar-refractivity contribution is 0.392. The molecule has 1 heteroatoms. The number of para-hydroxylation sites is 2. The van der Waals surface area contributed by atoms with Gasteiger partial charge in [-0.1, -0.05) is 196 Å². The van der Waals surface area contributed by atoms with Crippen molar-refractivity contribution < 1.29 is 0 Å². The van der Waals surface area contributed by atoms with Gasteiger partial charge in [0, 0.05) is 29.4 Å². The molecular weight excluding hydrogens is 687 g/mol. The van der Waals surface area contributed by atoms with Crippen LogP contribution in [0.3, 0.4) is 0 Å². The first-order valence-electron chi connectivity index (χ1n) is 20.3. The first kappa shape index (κ1) is 33.6. The molecule has 3 aliphatic rings. The summed E-state index contributed by atoms with van der Waals surface area (Å²) in [6, 6.07) is 62.6. The van der Waals surface area contributed by atoms with Crippen molar-refractivity contribution in [1.29, 1.82) is 0 Å². The van der Waals surface area contributed by atoms with Crippen molar-refractivity contribution in [3.05, 3.63) is 227 Å². The maximum Gasteiger partial charge on any atom is 0.0496 e. The quantitative estimate of drug-likeness (QED) is 0.126. The molecule has 0 saturated heterocycles. The largest absolute Gasteiger partial charge is 0.310 e. The van der Waals surface area contributed by atoms with Crippen LogP contribution in [0.4, 0.5) is 11.4 Å². The average molecular weight is 730 g/mol. The topological polar surface area (TPSA) is 3.24 Å². The van der Waals surface area contributed by atoms with Gasteiger partial charge in [-0.2, -0.15) is 0 Å². The van der Waals surface area contributed by atoms with Crippen LogP contribution < -0.4 is 4.90 Å². The van der Waals surface area contributed by atoms with Gasteiger partial charge in [-0.05, 0) is 107 Å². The van der Waals surface area contributed by atoms with Crippen LogP contribution in [-0.4, -0.2) is 0 Å². The smallest absolute Gasteiger partial charge is 0.0496 e. The molecule has 0 aromatic heterocycles. The van der Waals surface area contributed by atoms with Crippen LogP contribution in [0.25, 0.3) is 56.0 Å². The van der Waals surface area contributed by atoms with E-state index in [0.29, 0.717) is 11.8 Å². The number of hydrogen-bond acceptors (Lipinski definition) is 1. The van der Waals surface area contributed by atoms with E-state index < -0.39 is 0 Å². The monoisotopic (exact) mass is 729 g/mol. The van der Waals surface area contributed by atoms with E-state index in [4.69, 9.17) is 0 Å². The second-order valence-corrected chi connectivity index (χ2v) is 16.5. The van der Waals surface area contributed by atoms with Crippen molar-refractivity contribution in [2.24, 2.45) is 5.92 Å². The molecule has 0 saturated carbocycles. The number of anilines is 2. The van der Waals surface area contributed by atoms with Crippen LogP contribution in [0.1, 0.15) is 53.1 Å². The fraction of sp³-hybridized carbons (Fsp3) is 0.107. The highest BCUT2D eigenvalue weighted by Crippen LogP contribution is 2.55. The minimum Gasteiger partial charge on any atom is -0.310 e. The van der Waals surface area contributed by atoms with Gasteiger partial charge in [0.05, 0.1) is 0 Å². The van der Waals surface area contributed by atoms with Gasteiger partial charge in [0.2, 0.25) is 0 Å². The lowest BCUT2D eigenvalue weighted by Crippen LogP contribution is -2.29. The van der Waals surface area contributed by atoms with Crippen molar-refractivity contribution in [2.45, 2.75) is 31.6 Å². The maximum absolute atomic E-state index is 2.56. The minimum absolute atomic E-state index is 0.0159. The van der Waals surface area contributed by atoms with E-state index in [-0.39, 0.29) is 5.41 Å². The van der Waals surface area contributed by atoms with E-state index in [0.717, 1.165) is 6.42 Å². The van der Waals surface area contributed by atoms with Gasteiger partial charge < -0.3 is 4.90 Å². The van der Waals surface area contributed by atoms with E-state index in [2.05, 4.69) is 219 Å². The molecule has 1 aliphatic heterocycles. The third-order valence-corrected chi connectivity index (χ3v) is 12.9. The van der Waals surface area contributed by atoms with E-state index >= 15 is 0 Å². The van der Waals surface area contributed by atoms with Gasteiger partial charge in [-0.25, -0.2) is 0 Å². The number of hydrogen-bond donors (Lipinski definition) is 0. The van der Waals surface area contributed by atoms with Gasteiger partial charge in [-0.3, -0.25) is 0 Å². The third kappa shape index (κ3) is 5.45. The Balaban J connectivity index is 0.901. The van der Waals surface area contributed by atoms with E-state index in [1.54, 1.807) is 0 Å². The van der Waals surface area contributed by atoms with Gasteiger partial charge >= 0.3 is 0 Å². The van der Waals surface area contributed by atoms with Crippen LogP contribution >= 0.6 is 0 Å². The molecule has 0 bridgehead atoms. The minimum atomic E-state index is -0.0159. The average Bonchev–Trinajstić information content (AvgIpc) is 3.49. The Hall–Kier alpha value is -6.70. The van der Waals surface area contributed by atoms with Crippen LogP contribution in [-0.2, 0) is 11.8 Å². The summed E-state index contributed by atoms with van der Waals surface area (Å²) in [7, 11) is 0. The Bertz CT molecular complexity index is 2860. The number of benzene rings is 8.